The molecule has 2 aromatic rings. The molecule has 9 heteroatoms. The van der Waals surface area contributed by atoms with E-state index in [1.807, 2.05) is 39.8 Å². The number of thioether (sulfide) groups is 1. The third kappa shape index (κ3) is 6.69. The molecule has 2 atom stereocenters. The number of fused-ring (bicyclic) bond motifs is 1. The lowest BCUT2D eigenvalue weighted by molar-refractivity contribution is -0.136. The van der Waals surface area contributed by atoms with Gasteiger partial charge in [0.2, 0.25) is 11.8 Å². The van der Waals surface area contributed by atoms with E-state index in [2.05, 4.69) is 47.5 Å². The molecule has 0 radical (unpaired) electrons. The molecule has 4 heterocycles. The molecular formula is C35H45N5O3S. The maximum atomic E-state index is 13.9. The molecule has 6 rings (SSSR count). The molecule has 2 N–H and O–H groups in total. The Morgan fingerprint density at radius 2 is 1.66 bits per heavy atom. The summed E-state index contributed by atoms with van der Waals surface area (Å²) < 4.78 is 0. The summed E-state index contributed by atoms with van der Waals surface area (Å²) in [5.41, 5.74) is 5.66. The van der Waals surface area contributed by atoms with Crippen LogP contribution in [0.25, 0.3) is 0 Å². The van der Waals surface area contributed by atoms with E-state index in [9.17, 15) is 14.4 Å². The van der Waals surface area contributed by atoms with Crippen LogP contribution in [0.1, 0.15) is 73.4 Å². The van der Waals surface area contributed by atoms with Crippen LogP contribution < -0.4 is 10.6 Å². The first-order valence-electron chi connectivity index (χ1n) is 16.2. The van der Waals surface area contributed by atoms with Crippen LogP contribution in [0, 0.1) is 0 Å². The molecule has 3 fully saturated rings. The SMILES string of the molecule is C=C(C)CCN1C(=O)[C@H](CC(=O)N2CCC(N3CCc4ccccc4NC3=O)CC2)S[C@H]1c1ccccc1C1CCNCC1. The molecule has 0 aliphatic carbocycles. The highest BCUT2D eigenvalue weighted by Gasteiger charge is 2.43. The molecule has 0 spiro atoms. The van der Waals surface area contributed by atoms with Crippen molar-refractivity contribution in [2.75, 3.05) is 44.6 Å². The Morgan fingerprint density at radius 1 is 0.955 bits per heavy atom. The van der Waals surface area contributed by atoms with Crippen molar-refractivity contribution in [1.29, 1.82) is 0 Å². The summed E-state index contributed by atoms with van der Waals surface area (Å²) in [6, 6.07) is 16.6. The smallest absolute Gasteiger partial charge is 0.322 e. The number of urea groups is 1. The normalized spacial score (nSPS) is 23.3. The first kappa shape index (κ1) is 30.7. The van der Waals surface area contributed by atoms with Gasteiger partial charge >= 0.3 is 6.03 Å². The van der Waals surface area contributed by atoms with Crippen LogP contribution in [-0.4, -0.2) is 83.1 Å². The van der Waals surface area contributed by atoms with Crippen molar-refractivity contribution in [3.05, 3.63) is 77.4 Å². The number of nitrogens with zero attached hydrogens (tertiary/aromatic N) is 3. The van der Waals surface area contributed by atoms with Crippen molar-refractivity contribution < 1.29 is 14.4 Å². The van der Waals surface area contributed by atoms with Gasteiger partial charge in [-0.3, -0.25) is 9.59 Å². The van der Waals surface area contributed by atoms with Gasteiger partial charge in [-0.15, -0.1) is 18.3 Å². The number of carbonyl (C=O) groups is 3. The summed E-state index contributed by atoms with van der Waals surface area (Å²) in [6.07, 6.45) is 5.47. The number of piperidine rings is 2. The van der Waals surface area contributed by atoms with Gasteiger partial charge in [-0.05, 0) is 87.2 Å². The van der Waals surface area contributed by atoms with Crippen LogP contribution in [-0.2, 0) is 16.0 Å². The Labute approximate surface area is 265 Å². The summed E-state index contributed by atoms with van der Waals surface area (Å²) in [5.74, 6) is 0.577. The minimum atomic E-state index is -0.397. The topological polar surface area (TPSA) is 85.0 Å². The second-order valence-electron chi connectivity index (χ2n) is 12.7. The lowest BCUT2D eigenvalue weighted by atomic mass is 9.87. The van der Waals surface area contributed by atoms with Crippen LogP contribution in [0.3, 0.4) is 0 Å². The highest BCUT2D eigenvalue weighted by atomic mass is 32.2. The predicted octanol–water partition coefficient (Wildman–Crippen LogP) is 5.53. The fourth-order valence-electron chi connectivity index (χ4n) is 7.20. The number of hydrogen-bond acceptors (Lipinski definition) is 5. The van der Waals surface area contributed by atoms with Crippen molar-refractivity contribution in [3.63, 3.8) is 0 Å². The van der Waals surface area contributed by atoms with Crippen LogP contribution in [0.2, 0.25) is 0 Å². The molecule has 4 aliphatic heterocycles. The molecule has 4 aliphatic rings. The highest BCUT2D eigenvalue weighted by Crippen LogP contribution is 2.47. The van der Waals surface area contributed by atoms with Gasteiger partial charge in [0.1, 0.15) is 5.37 Å². The summed E-state index contributed by atoms with van der Waals surface area (Å²) in [5, 5.41) is 6.05. The Bertz CT molecular complexity index is 1380. The van der Waals surface area contributed by atoms with Crippen molar-refractivity contribution in [2.24, 2.45) is 0 Å². The van der Waals surface area contributed by atoms with Crippen LogP contribution in [0.15, 0.2) is 60.7 Å². The van der Waals surface area contributed by atoms with Crippen molar-refractivity contribution >= 4 is 35.3 Å². The Hall–Kier alpha value is -3.30. The minimum absolute atomic E-state index is 0.0363. The number of rotatable bonds is 8. The van der Waals surface area contributed by atoms with E-state index in [1.165, 1.54) is 11.1 Å². The van der Waals surface area contributed by atoms with E-state index in [0.29, 0.717) is 32.1 Å². The minimum Gasteiger partial charge on any atom is -0.342 e. The molecule has 0 bridgehead atoms. The Balaban J connectivity index is 1.10. The zero-order valence-corrected chi connectivity index (χ0v) is 26.6. The third-order valence-electron chi connectivity index (χ3n) is 9.72. The number of amides is 4. The van der Waals surface area contributed by atoms with E-state index in [1.54, 1.807) is 11.8 Å². The number of benzene rings is 2. The van der Waals surface area contributed by atoms with Gasteiger partial charge in [0, 0.05) is 44.3 Å². The first-order chi connectivity index (χ1) is 21.4. The lowest BCUT2D eigenvalue weighted by Gasteiger charge is -2.38. The second kappa shape index (κ2) is 13.8. The van der Waals surface area contributed by atoms with Crippen molar-refractivity contribution in [1.82, 2.24) is 20.0 Å². The fraction of sp³-hybridized carbons (Fsp3) is 0.514. The number of hydrogen-bond donors (Lipinski definition) is 2. The number of nitrogens with one attached hydrogen (secondary N) is 2. The second-order valence-corrected chi connectivity index (χ2v) is 14.0. The van der Waals surface area contributed by atoms with E-state index < -0.39 is 5.25 Å². The monoisotopic (exact) mass is 615 g/mol. The Morgan fingerprint density at radius 3 is 2.41 bits per heavy atom. The number of likely N-dealkylation sites (tertiary alicyclic amines) is 1. The maximum Gasteiger partial charge on any atom is 0.322 e. The average molecular weight is 616 g/mol. The third-order valence-corrected chi connectivity index (χ3v) is 11.2. The number of anilines is 1. The largest absolute Gasteiger partial charge is 0.342 e. The van der Waals surface area contributed by atoms with Gasteiger partial charge < -0.3 is 25.3 Å². The standard InChI is InChI=1S/C35H45N5O3S/c1-24(2)13-21-40-33(42)31(44-34(40)29-9-5-4-8-28(29)25-11-17-36-18-12-25)23-32(41)38-19-15-27(16-20-38)39-22-14-26-7-3-6-10-30(26)37-35(39)43/h3-10,25,27,31,34,36H,1,11-23H2,2H3,(H,37,43)/t31-,34-/m0/s1. The molecule has 2 aromatic carbocycles. The van der Waals surface area contributed by atoms with Crippen LogP contribution >= 0.6 is 11.8 Å². The highest BCUT2D eigenvalue weighted by molar-refractivity contribution is 8.01. The van der Waals surface area contributed by atoms with Gasteiger partial charge in [0.25, 0.3) is 0 Å². The molecular weight excluding hydrogens is 570 g/mol. The maximum absolute atomic E-state index is 13.9. The number of carbonyl (C=O) groups excluding carboxylic acids is 3. The molecule has 0 unspecified atom stereocenters. The molecule has 234 valence electrons. The summed E-state index contributed by atoms with van der Waals surface area (Å²) >= 11 is 1.64. The molecule has 8 nitrogen and oxygen atoms in total. The van der Waals surface area contributed by atoms with Crippen LogP contribution in [0.5, 0.6) is 0 Å². The molecule has 4 amide bonds. The van der Waals surface area contributed by atoms with Crippen LogP contribution in [0.4, 0.5) is 10.5 Å². The zero-order chi connectivity index (χ0) is 30.6. The van der Waals surface area contributed by atoms with Gasteiger partial charge in [0.05, 0.1) is 5.25 Å². The quantitative estimate of drug-likeness (QED) is 0.382. The van der Waals surface area contributed by atoms with Gasteiger partial charge in [-0.25, -0.2) is 4.79 Å². The summed E-state index contributed by atoms with van der Waals surface area (Å²) in [6.45, 7) is 10.6. The van der Waals surface area contributed by atoms with E-state index in [-0.39, 0.29) is 35.7 Å². The summed E-state index contributed by atoms with van der Waals surface area (Å²) in [7, 11) is 0. The van der Waals surface area contributed by atoms with Gasteiger partial charge in [-0.2, -0.15) is 0 Å². The fourth-order valence-corrected chi connectivity index (χ4v) is 8.72. The van der Waals surface area contributed by atoms with E-state index in [0.717, 1.165) is 68.4 Å². The van der Waals surface area contributed by atoms with E-state index in [4.69, 9.17) is 0 Å². The van der Waals surface area contributed by atoms with Gasteiger partial charge in [0.15, 0.2) is 0 Å². The van der Waals surface area contributed by atoms with E-state index >= 15 is 0 Å². The predicted molar refractivity (Wildman–Crippen MR) is 177 cm³/mol. The number of para-hydroxylation sites is 1. The van der Waals surface area contributed by atoms with Gasteiger partial charge in [-0.1, -0.05) is 48.0 Å². The summed E-state index contributed by atoms with van der Waals surface area (Å²) in [4.78, 5) is 46.4. The van der Waals surface area contributed by atoms with Crippen molar-refractivity contribution in [2.45, 2.75) is 74.5 Å². The molecule has 44 heavy (non-hydrogen) atoms. The average Bonchev–Trinajstić information content (AvgIpc) is 3.24. The van der Waals surface area contributed by atoms with Crippen molar-refractivity contribution in [3.8, 4) is 0 Å². The first-order valence-corrected chi connectivity index (χ1v) is 17.2. The molecule has 3 saturated heterocycles. The molecule has 0 saturated carbocycles. The zero-order valence-electron chi connectivity index (χ0n) is 25.8. The Kier molecular flexibility index (Phi) is 9.62. The molecule has 0 aromatic heterocycles. The lowest BCUT2D eigenvalue weighted by Crippen LogP contribution is -2.50.